The standard InChI is InChI=1S/C25H44N2O2/c1-7-8-9-10-11-16-26-25(28)20-27(5,6)17-12-13-18-29-24-19-22(4)14-15-23(24)21(2)3/h14-15,19,21H,7-13,16-18,20H2,1-6H3/p+1. The third-order valence-corrected chi connectivity index (χ3v) is 5.38. The monoisotopic (exact) mass is 405 g/mol. The van der Waals surface area contributed by atoms with Gasteiger partial charge in [-0.15, -0.1) is 0 Å². The molecule has 0 saturated carbocycles. The largest absolute Gasteiger partial charge is 0.493 e. The number of nitrogens with one attached hydrogen (secondary N) is 1. The summed E-state index contributed by atoms with van der Waals surface area (Å²) in [6, 6.07) is 6.47. The average molecular weight is 406 g/mol. The summed E-state index contributed by atoms with van der Waals surface area (Å²) < 4.78 is 6.81. The van der Waals surface area contributed by atoms with Gasteiger partial charge in [0.1, 0.15) is 5.75 Å². The maximum Gasteiger partial charge on any atom is 0.275 e. The highest BCUT2D eigenvalue weighted by molar-refractivity contribution is 5.76. The van der Waals surface area contributed by atoms with Gasteiger partial charge in [0.25, 0.3) is 5.91 Å². The van der Waals surface area contributed by atoms with Gasteiger partial charge in [0.15, 0.2) is 6.54 Å². The predicted octanol–water partition coefficient (Wildman–Crippen LogP) is 5.44. The van der Waals surface area contributed by atoms with E-state index < -0.39 is 0 Å². The van der Waals surface area contributed by atoms with Gasteiger partial charge in [-0.05, 0) is 49.3 Å². The fourth-order valence-electron chi connectivity index (χ4n) is 3.55. The number of quaternary nitrogens is 1. The van der Waals surface area contributed by atoms with Gasteiger partial charge in [-0.1, -0.05) is 58.6 Å². The first-order valence-corrected chi connectivity index (χ1v) is 11.6. The second kappa shape index (κ2) is 13.6. The number of amides is 1. The molecule has 0 fully saturated rings. The Labute approximate surface area is 179 Å². The van der Waals surface area contributed by atoms with Crippen LogP contribution in [-0.4, -0.2) is 50.7 Å². The van der Waals surface area contributed by atoms with E-state index in [-0.39, 0.29) is 5.91 Å². The third kappa shape index (κ3) is 11.3. The molecule has 1 N–H and O–H groups in total. The Morgan fingerprint density at radius 3 is 2.48 bits per heavy atom. The van der Waals surface area contributed by atoms with E-state index >= 15 is 0 Å². The molecule has 0 aliphatic heterocycles. The number of carbonyl (C=O) groups excluding carboxylic acids is 1. The predicted molar refractivity (Wildman–Crippen MR) is 124 cm³/mol. The van der Waals surface area contributed by atoms with Gasteiger partial charge in [-0.2, -0.15) is 0 Å². The lowest BCUT2D eigenvalue weighted by atomic mass is 10.0. The number of nitrogens with zero attached hydrogens (tertiary/aromatic N) is 1. The van der Waals surface area contributed by atoms with Crippen LogP contribution >= 0.6 is 0 Å². The molecule has 1 amide bonds. The Kier molecular flexibility index (Phi) is 12.0. The highest BCUT2D eigenvalue weighted by Crippen LogP contribution is 2.27. The minimum Gasteiger partial charge on any atom is -0.493 e. The molecule has 0 radical (unpaired) electrons. The van der Waals surface area contributed by atoms with Gasteiger partial charge < -0.3 is 14.5 Å². The fraction of sp³-hybridized carbons (Fsp3) is 0.720. The Hall–Kier alpha value is -1.55. The molecule has 0 atom stereocenters. The molecule has 0 aromatic heterocycles. The fourth-order valence-corrected chi connectivity index (χ4v) is 3.55. The van der Waals surface area contributed by atoms with Crippen LogP contribution in [0, 0.1) is 6.92 Å². The van der Waals surface area contributed by atoms with Crippen molar-refractivity contribution < 1.29 is 14.0 Å². The van der Waals surface area contributed by atoms with Crippen molar-refractivity contribution in [3.63, 3.8) is 0 Å². The highest BCUT2D eigenvalue weighted by Gasteiger charge is 2.19. The SMILES string of the molecule is CCCCCCCNC(=O)C[N+](C)(C)CCCCOc1cc(C)ccc1C(C)C. The van der Waals surface area contributed by atoms with Gasteiger partial charge in [0.05, 0.1) is 27.2 Å². The molecule has 0 saturated heterocycles. The molecule has 166 valence electrons. The van der Waals surface area contributed by atoms with Gasteiger partial charge >= 0.3 is 0 Å². The summed E-state index contributed by atoms with van der Waals surface area (Å²) in [4.78, 5) is 12.2. The van der Waals surface area contributed by atoms with Gasteiger partial charge in [0.2, 0.25) is 0 Å². The van der Waals surface area contributed by atoms with Crippen molar-refractivity contribution in [3.05, 3.63) is 29.3 Å². The van der Waals surface area contributed by atoms with Crippen molar-refractivity contribution in [2.45, 2.75) is 78.6 Å². The lowest BCUT2D eigenvalue weighted by Crippen LogP contribution is -2.48. The van der Waals surface area contributed by atoms with Crippen molar-refractivity contribution in [2.75, 3.05) is 40.3 Å². The van der Waals surface area contributed by atoms with E-state index in [2.05, 4.69) is 65.3 Å². The minimum atomic E-state index is 0.170. The Morgan fingerprint density at radius 1 is 1.07 bits per heavy atom. The number of unbranched alkanes of at least 4 members (excludes halogenated alkanes) is 5. The van der Waals surface area contributed by atoms with E-state index in [9.17, 15) is 4.79 Å². The van der Waals surface area contributed by atoms with Crippen molar-refractivity contribution in [2.24, 2.45) is 0 Å². The van der Waals surface area contributed by atoms with Crippen LogP contribution in [0.1, 0.15) is 82.8 Å². The number of ether oxygens (including phenoxy) is 1. The van der Waals surface area contributed by atoms with E-state index in [1.165, 1.54) is 36.8 Å². The number of likely N-dealkylation sites (N-methyl/N-ethyl adjacent to an activating group) is 1. The van der Waals surface area contributed by atoms with E-state index in [0.29, 0.717) is 12.5 Å². The van der Waals surface area contributed by atoms with Crippen LogP contribution in [-0.2, 0) is 4.79 Å². The summed E-state index contributed by atoms with van der Waals surface area (Å²) in [5.74, 6) is 1.65. The zero-order chi connectivity index (χ0) is 21.7. The number of carbonyl (C=O) groups is 1. The molecule has 0 spiro atoms. The summed E-state index contributed by atoms with van der Waals surface area (Å²) in [6.07, 6.45) is 8.19. The number of hydrogen-bond acceptors (Lipinski definition) is 2. The van der Waals surface area contributed by atoms with E-state index in [1.54, 1.807) is 0 Å². The Balaban J connectivity index is 2.24. The molecule has 0 aliphatic rings. The first kappa shape index (κ1) is 25.5. The third-order valence-electron chi connectivity index (χ3n) is 5.38. The molecule has 0 heterocycles. The van der Waals surface area contributed by atoms with E-state index in [0.717, 1.165) is 49.2 Å². The maximum atomic E-state index is 12.2. The summed E-state index contributed by atoms with van der Waals surface area (Å²) in [6.45, 7) is 11.8. The topological polar surface area (TPSA) is 38.3 Å². The van der Waals surface area contributed by atoms with E-state index in [4.69, 9.17) is 4.74 Å². The van der Waals surface area contributed by atoms with E-state index in [1.807, 2.05) is 0 Å². The molecule has 29 heavy (non-hydrogen) atoms. The summed E-state index contributed by atoms with van der Waals surface area (Å²) in [7, 11) is 4.28. The number of hydrogen-bond donors (Lipinski definition) is 1. The van der Waals surface area contributed by atoms with Crippen molar-refractivity contribution in [1.29, 1.82) is 0 Å². The van der Waals surface area contributed by atoms with Gasteiger partial charge in [0, 0.05) is 6.54 Å². The van der Waals surface area contributed by atoms with Crippen LogP contribution < -0.4 is 10.1 Å². The van der Waals surface area contributed by atoms with Crippen LogP contribution in [0.5, 0.6) is 5.75 Å². The molecular weight excluding hydrogens is 360 g/mol. The molecule has 0 bridgehead atoms. The lowest BCUT2D eigenvalue weighted by Gasteiger charge is -2.29. The van der Waals surface area contributed by atoms with Crippen LogP contribution in [0.3, 0.4) is 0 Å². The normalized spacial score (nSPS) is 11.7. The van der Waals surface area contributed by atoms with Crippen molar-refractivity contribution in [3.8, 4) is 5.75 Å². The average Bonchev–Trinajstić information content (AvgIpc) is 2.63. The zero-order valence-corrected chi connectivity index (χ0v) is 19.9. The van der Waals surface area contributed by atoms with Crippen LogP contribution in [0.4, 0.5) is 0 Å². The molecule has 0 unspecified atom stereocenters. The summed E-state index contributed by atoms with van der Waals surface area (Å²) >= 11 is 0. The Morgan fingerprint density at radius 2 is 1.79 bits per heavy atom. The van der Waals surface area contributed by atoms with Gasteiger partial charge in [-0.3, -0.25) is 4.79 Å². The molecule has 1 aromatic rings. The first-order valence-electron chi connectivity index (χ1n) is 11.6. The molecule has 4 heteroatoms. The maximum absolute atomic E-state index is 12.2. The lowest BCUT2D eigenvalue weighted by molar-refractivity contribution is -0.882. The number of aryl methyl sites for hydroxylation is 1. The first-order chi connectivity index (χ1) is 13.7. The van der Waals surface area contributed by atoms with Crippen LogP contribution in [0.2, 0.25) is 0 Å². The Bertz CT molecular complexity index is 596. The molecule has 1 aromatic carbocycles. The molecule has 0 aliphatic carbocycles. The summed E-state index contributed by atoms with van der Waals surface area (Å²) in [5, 5.41) is 3.08. The van der Waals surface area contributed by atoms with Crippen molar-refractivity contribution >= 4 is 5.91 Å². The number of benzene rings is 1. The quantitative estimate of drug-likeness (QED) is 0.312. The minimum absolute atomic E-state index is 0.170. The second-order valence-corrected chi connectivity index (χ2v) is 9.33. The highest BCUT2D eigenvalue weighted by atomic mass is 16.5. The smallest absolute Gasteiger partial charge is 0.275 e. The summed E-state index contributed by atoms with van der Waals surface area (Å²) in [5.41, 5.74) is 2.51. The number of rotatable bonds is 15. The second-order valence-electron chi connectivity index (χ2n) is 9.33. The molecule has 1 rings (SSSR count). The van der Waals surface area contributed by atoms with Crippen molar-refractivity contribution in [1.82, 2.24) is 5.32 Å². The van der Waals surface area contributed by atoms with Gasteiger partial charge in [-0.25, -0.2) is 0 Å². The molecular formula is C25H45N2O2+. The zero-order valence-electron chi connectivity index (χ0n) is 19.9. The van der Waals surface area contributed by atoms with Crippen LogP contribution in [0.25, 0.3) is 0 Å². The molecule has 4 nitrogen and oxygen atoms in total. The van der Waals surface area contributed by atoms with Crippen LogP contribution in [0.15, 0.2) is 18.2 Å².